The van der Waals surface area contributed by atoms with Crippen LogP contribution >= 0.6 is 0 Å². The number of hydrogen-bond acceptors (Lipinski definition) is 6. The zero-order valence-electron chi connectivity index (χ0n) is 25.8. The molecule has 5 rings (SSSR count). The van der Waals surface area contributed by atoms with Gasteiger partial charge >= 0.3 is 5.69 Å². The van der Waals surface area contributed by atoms with E-state index in [2.05, 4.69) is 65.2 Å². The molecule has 0 amide bonds. The second-order valence-electron chi connectivity index (χ2n) is 13.4. The first-order chi connectivity index (χ1) is 19.9. The number of hydrogen-bond donors (Lipinski definition) is 1. The fourth-order valence-corrected chi connectivity index (χ4v) is 7.82. The molecule has 2 aromatic carbocycles. The van der Waals surface area contributed by atoms with Crippen LogP contribution in [-0.2, 0) is 19.3 Å². The van der Waals surface area contributed by atoms with Crippen LogP contribution in [0.2, 0.25) is 0 Å². The predicted octanol–water partition coefficient (Wildman–Crippen LogP) is 8.70. The molecule has 0 aromatic heterocycles. The molecule has 1 saturated carbocycles. The number of nitrogens with one attached hydrogen (secondary N) is 1. The molecule has 8 nitrogen and oxygen atoms in total. The quantitative estimate of drug-likeness (QED) is 0.193. The van der Waals surface area contributed by atoms with Gasteiger partial charge < -0.3 is 0 Å². The summed E-state index contributed by atoms with van der Waals surface area (Å²) in [6, 6.07) is 6.14. The zero-order chi connectivity index (χ0) is 30.3. The van der Waals surface area contributed by atoms with Crippen molar-refractivity contribution in [2.24, 2.45) is 34.2 Å². The molecule has 0 spiro atoms. The van der Waals surface area contributed by atoms with Gasteiger partial charge in [0, 0.05) is 17.7 Å². The molecule has 2 aromatic rings. The average molecular weight is 573 g/mol. The largest absolute Gasteiger partial charge is 0.301 e. The molecule has 3 aliphatic carbocycles. The number of allylic oxidation sites excluding steroid dienone is 2. The Morgan fingerprint density at radius 2 is 1.74 bits per heavy atom. The van der Waals surface area contributed by atoms with Gasteiger partial charge in [-0.05, 0) is 115 Å². The van der Waals surface area contributed by atoms with Crippen molar-refractivity contribution in [1.82, 2.24) is 0 Å². The number of nitrogens with zero attached hydrogens (tertiary/aromatic N) is 3. The fraction of sp³-hybridized carbons (Fsp3) is 0.559. The first-order valence-electron chi connectivity index (χ1n) is 15.5. The molecular weight excluding hydrogens is 528 g/mol. The average Bonchev–Trinajstić information content (AvgIpc) is 3.27. The number of anilines is 1. The van der Waals surface area contributed by atoms with Crippen molar-refractivity contribution in [3.05, 3.63) is 84.5 Å². The Balaban J connectivity index is 1.58. The summed E-state index contributed by atoms with van der Waals surface area (Å²) in [5.41, 5.74) is 10.8. The normalized spacial score (nSPS) is 25.6. The van der Waals surface area contributed by atoms with E-state index in [1.54, 1.807) is 0 Å². The second-order valence-corrected chi connectivity index (χ2v) is 13.4. The minimum absolute atomic E-state index is 0.00487. The van der Waals surface area contributed by atoms with Gasteiger partial charge in [-0.2, -0.15) is 5.10 Å². The maximum Gasteiger partial charge on any atom is 0.301 e. The van der Waals surface area contributed by atoms with E-state index in [9.17, 15) is 20.2 Å². The van der Waals surface area contributed by atoms with E-state index in [1.165, 1.54) is 52.8 Å². The van der Waals surface area contributed by atoms with Crippen LogP contribution in [0.5, 0.6) is 0 Å². The van der Waals surface area contributed by atoms with E-state index < -0.39 is 9.85 Å². The van der Waals surface area contributed by atoms with Crippen LogP contribution in [0.15, 0.2) is 41.5 Å². The predicted molar refractivity (Wildman–Crippen MR) is 168 cm³/mol. The van der Waals surface area contributed by atoms with Crippen molar-refractivity contribution < 1.29 is 9.85 Å². The highest BCUT2D eigenvalue weighted by molar-refractivity contribution is 5.96. The van der Waals surface area contributed by atoms with Gasteiger partial charge in [0.1, 0.15) is 5.69 Å². The van der Waals surface area contributed by atoms with Gasteiger partial charge in [0.2, 0.25) is 0 Å². The summed E-state index contributed by atoms with van der Waals surface area (Å²) in [6.07, 6.45) is 12.4. The first-order valence-corrected chi connectivity index (χ1v) is 15.5. The molecular formula is C34H44N4O4. The Morgan fingerprint density at radius 3 is 2.43 bits per heavy atom. The molecule has 0 radical (unpaired) electrons. The molecule has 5 unspecified atom stereocenters. The minimum atomic E-state index is -0.618. The third-order valence-corrected chi connectivity index (χ3v) is 10.7. The van der Waals surface area contributed by atoms with Crippen LogP contribution < -0.4 is 5.43 Å². The van der Waals surface area contributed by atoms with Gasteiger partial charge in [0.05, 0.1) is 15.9 Å². The molecule has 1 fully saturated rings. The highest BCUT2D eigenvalue weighted by Crippen LogP contribution is 2.60. The summed E-state index contributed by atoms with van der Waals surface area (Å²) >= 11 is 0. The van der Waals surface area contributed by atoms with Crippen molar-refractivity contribution in [2.45, 2.75) is 92.4 Å². The number of fused-ring (bicyclic) bond motifs is 4. The number of nitro groups is 2. The lowest BCUT2D eigenvalue weighted by Crippen LogP contribution is -2.36. The Labute approximate surface area is 249 Å². The maximum absolute atomic E-state index is 11.8. The molecule has 0 bridgehead atoms. The number of aryl methyl sites for hydroxylation is 1. The van der Waals surface area contributed by atoms with E-state index in [0.29, 0.717) is 23.7 Å². The van der Waals surface area contributed by atoms with Crippen LogP contribution in [0.3, 0.4) is 0 Å². The highest BCUT2D eigenvalue weighted by atomic mass is 16.6. The second kappa shape index (κ2) is 11.6. The van der Waals surface area contributed by atoms with E-state index in [4.69, 9.17) is 5.10 Å². The van der Waals surface area contributed by atoms with Crippen LogP contribution in [0.4, 0.5) is 17.1 Å². The maximum atomic E-state index is 11.8. The smallest absolute Gasteiger partial charge is 0.272 e. The van der Waals surface area contributed by atoms with E-state index in [-0.39, 0.29) is 28.4 Å². The third kappa shape index (κ3) is 5.36. The summed E-state index contributed by atoms with van der Waals surface area (Å²) in [5, 5.41) is 28.0. The number of rotatable bonds is 8. The number of benzene rings is 2. The molecule has 1 N–H and O–H groups in total. The van der Waals surface area contributed by atoms with Crippen molar-refractivity contribution in [3.63, 3.8) is 0 Å². The van der Waals surface area contributed by atoms with Crippen molar-refractivity contribution in [3.8, 4) is 0 Å². The Bertz CT molecular complexity index is 1460. The minimum Gasteiger partial charge on any atom is -0.272 e. The van der Waals surface area contributed by atoms with E-state index in [1.807, 2.05) is 0 Å². The van der Waals surface area contributed by atoms with Gasteiger partial charge in [-0.15, -0.1) is 0 Å². The summed E-state index contributed by atoms with van der Waals surface area (Å²) in [5.74, 6) is 1.90. The van der Waals surface area contributed by atoms with E-state index in [0.717, 1.165) is 43.9 Å². The monoisotopic (exact) mass is 572 g/mol. The van der Waals surface area contributed by atoms with Crippen LogP contribution in [0.1, 0.15) is 94.0 Å². The number of hydrazone groups is 1. The summed E-state index contributed by atoms with van der Waals surface area (Å²) in [6.45, 7) is 13.8. The van der Waals surface area contributed by atoms with Gasteiger partial charge in [-0.1, -0.05) is 52.8 Å². The SMILES string of the molecule is Cc1c2c(cc3c1CCC1(C)C3/C(=N/Nc3ccc([N+](=O)[O-])cc3[N+](=O)[O-])CC1C(C)/C=C/C(C)C(C)C)CCCC2. The van der Waals surface area contributed by atoms with Crippen molar-refractivity contribution >= 4 is 22.8 Å². The van der Waals surface area contributed by atoms with Gasteiger partial charge in [-0.3, -0.25) is 25.7 Å². The number of nitro benzene ring substituents is 2. The lowest BCUT2D eigenvalue weighted by Gasteiger charge is -2.44. The molecule has 0 aliphatic heterocycles. The van der Waals surface area contributed by atoms with Crippen LogP contribution in [-0.4, -0.2) is 15.6 Å². The molecule has 0 heterocycles. The molecule has 3 aliphatic rings. The molecule has 42 heavy (non-hydrogen) atoms. The van der Waals surface area contributed by atoms with Gasteiger partial charge in [0.15, 0.2) is 0 Å². The summed E-state index contributed by atoms with van der Waals surface area (Å²) in [4.78, 5) is 21.9. The Morgan fingerprint density at radius 1 is 1.00 bits per heavy atom. The molecule has 0 saturated heterocycles. The summed E-state index contributed by atoms with van der Waals surface area (Å²) in [7, 11) is 0. The van der Waals surface area contributed by atoms with Crippen LogP contribution in [0, 0.1) is 56.2 Å². The van der Waals surface area contributed by atoms with Crippen molar-refractivity contribution in [1.29, 1.82) is 0 Å². The zero-order valence-corrected chi connectivity index (χ0v) is 25.8. The topological polar surface area (TPSA) is 111 Å². The summed E-state index contributed by atoms with van der Waals surface area (Å²) < 4.78 is 0. The molecule has 8 heteroatoms. The lowest BCUT2D eigenvalue weighted by atomic mass is 9.60. The number of non-ortho nitro benzene ring substituents is 1. The fourth-order valence-electron chi connectivity index (χ4n) is 7.82. The van der Waals surface area contributed by atoms with Crippen molar-refractivity contribution in [2.75, 3.05) is 5.43 Å². The van der Waals surface area contributed by atoms with Gasteiger partial charge in [-0.25, -0.2) is 0 Å². The standard InChI is InChI=1S/C34H44N4O4/c1-20(2)21(3)11-12-22(4)29-19-31(36-35-30-14-13-25(37(39)40)18-32(30)38(41)42)33-28-17-24-9-7-8-10-26(24)23(5)27(28)15-16-34(29,33)6/h11-14,17-18,20-22,29,33,35H,7-10,15-16,19H2,1-6H3/b12-11+,36-31+. The van der Waals surface area contributed by atoms with Crippen LogP contribution in [0.25, 0.3) is 0 Å². The lowest BCUT2D eigenvalue weighted by molar-refractivity contribution is -0.393. The molecule has 5 atom stereocenters. The Kier molecular flexibility index (Phi) is 8.28. The highest BCUT2D eigenvalue weighted by Gasteiger charge is 2.54. The Hall–Kier alpha value is -3.55. The van der Waals surface area contributed by atoms with Gasteiger partial charge in [0.25, 0.3) is 5.69 Å². The first kappa shape index (κ1) is 29.9. The molecule has 224 valence electrons. The third-order valence-electron chi connectivity index (χ3n) is 10.7. The van der Waals surface area contributed by atoms with E-state index >= 15 is 0 Å².